The average molecular weight is 211 g/mol. The molecule has 0 spiro atoms. The Morgan fingerprint density at radius 1 is 1.20 bits per heavy atom. The second-order valence-electron chi connectivity index (χ2n) is 6.89. The monoisotopic (exact) mass is 211 g/mol. The van der Waals surface area contributed by atoms with Crippen molar-refractivity contribution in [2.45, 2.75) is 72.3 Å². The second kappa shape index (κ2) is 4.86. The SMILES string of the molecule is CC(C)CCC1(CNC(C)(C)C)CCC1. The van der Waals surface area contributed by atoms with Gasteiger partial charge in [0.15, 0.2) is 0 Å². The van der Waals surface area contributed by atoms with E-state index in [1.165, 1.54) is 38.6 Å². The van der Waals surface area contributed by atoms with Gasteiger partial charge < -0.3 is 5.32 Å². The Bertz CT molecular complexity index is 184. The van der Waals surface area contributed by atoms with Crippen LogP contribution in [0.2, 0.25) is 0 Å². The number of nitrogens with one attached hydrogen (secondary N) is 1. The number of hydrogen-bond donors (Lipinski definition) is 1. The van der Waals surface area contributed by atoms with E-state index in [9.17, 15) is 0 Å². The highest BCUT2D eigenvalue weighted by Gasteiger charge is 2.36. The molecule has 0 saturated heterocycles. The normalized spacial score (nSPS) is 20.4. The van der Waals surface area contributed by atoms with E-state index in [4.69, 9.17) is 0 Å². The lowest BCUT2D eigenvalue weighted by Crippen LogP contribution is -2.47. The van der Waals surface area contributed by atoms with Gasteiger partial charge >= 0.3 is 0 Å². The Kier molecular flexibility index (Phi) is 4.22. The van der Waals surface area contributed by atoms with Gasteiger partial charge in [-0.25, -0.2) is 0 Å². The molecule has 1 aliphatic rings. The van der Waals surface area contributed by atoms with Crippen LogP contribution in [-0.2, 0) is 0 Å². The molecule has 1 nitrogen and oxygen atoms in total. The van der Waals surface area contributed by atoms with Crippen LogP contribution in [0.15, 0.2) is 0 Å². The van der Waals surface area contributed by atoms with E-state index in [-0.39, 0.29) is 5.54 Å². The molecule has 0 unspecified atom stereocenters. The molecule has 0 atom stereocenters. The third kappa shape index (κ3) is 4.55. The molecule has 0 bridgehead atoms. The summed E-state index contributed by atoms with van der Waals surface area (Å²) in [6.45, 7) is 12.7. The first-order valence-corrected chi connectivity index (χ1v) is 6.58. The number of rotatable bonds is 5. The van der Waals surface area contributed by atoms with Gasteiger partial charge in [0, 0.05) is 12.1 Å². The van der Waals surface area contributed by atoms with Crippen LogP contribution in [0.1, 0.15) is 66.7 Å². The third-order valence-electron chi connectivity index (χ3n) is 3.66. The minimum absolute atomic E-state index is 0.278. The summed E-state index contributed by atoms with van der Waals surface area (Å²) in [5.74, 6) is 0.858. The van der Waals surface area contributed by atoms with Crippen molar-refractivity contribution in [3.8, 4) is 0 Å². The summed E-state index contributed by atoms with van der Waals surface area (Å²) in [7, 11) is 0. The van der Waals surface area contributed by atoms with Crippen LogP contribution in [0.3, 0.4) is 0 Å². The van der Waals surface area contributed by atoms with E-state index >= 15 is 0 Å². The van der Waals surface area contributed by atoms with Crippen LogP contribution in [0.4, 0.5) is 0 Å². The van der Waals surface area contributed by atoms with Gasteiger partial charge in [-0.1, -0.05) is 26.7 Å². The van der Waals surface area contributed by atoms with Crippen molar-refractivity contribution >= 4 is 0 Å². The zero-order chi connectivity index (χ0) is 11.5. The second-order valence-corrected chi connectivity index (χ2v) is 6.89. The third-order valence-corrected chi connectivity index (χ3v) is 3.66. The highest BCUT2D eigenvalue weighted by Crippen LogP contribution is 2.45. The van der Waals surface area contributed by atoms with Crippen LogP contribution in [0, 0.1) is 11.3 Å². The smallest absolute Gasteiger partial charge is 0.00967 e. The minimum Gasteiger partial charge on any atom is -0.312 e. The molecule has 15 heavy (non-hydrogen) atoms. The molecular weight excluding hydrogens is 182 g/mol. The lowest BCUT2D eigenvalue weighted by molar-refractivity contribution is 0.0980. The topological polar surface area (TPSA) is 12.0 Å². The minimum atomic E-state index is 0.278. The molecular formula is C14H29N. The first kappa shape index (κ1) is 13.0. The number of hydrogen-bond acceptors (Lipinski definition) is 1. The molecule has 1 N–H and O–H groups in total. The van der Waals surface area contributed by atoms with Crippen molar-refractivity contribution in [2.24, 2.45) is 11.3 Å². The van der Waals surface area contributed by atoms with Crippen LogP contribution in [-0.4, -0.2) is 12.1 Å². The maximum absolute atomic E-state index is 3.69. The molecule has 1 saturated carbocycles. The molecule has 1 fully saturated rings. The van der Waals surface area contributed by atoms with E-state index in [0.29, 0.717) is 5.41 Å². The van der Waals surface area contributed by atoms with E-state index in [0.717, 1.165) is 5.92 Å². The molecule has 0 aromatic rings. The fourth-order valence-corrected chi connectivity index (χ4v) is 2.24. The van der Waals surface area contributed by atoms with Crippen molar-refractivity contribution < 1.29 is 0 Å². The van der Waals surface area contributed by atoms with E-state index in [1.54, 1.807) is 0 Å². The quantitative estimate of drug-likeness (QED) is 0.725. The Morgan fingerprint density at radius 2 is 1.80 bits per heavy atom. The standard InChI is InChI=1S/C14H29N/c1-12(2)7-10-14(8-6-9-14)11-15-13(3,4)5/h12,15H,6-11H2,1-5H3. The van der Waals surface area contributed by atoms with Gasteiger partial charge in [0.2, 0.25) is 0 Å². The van der Waals surface area contributed by atoms with Crippen LogP contribution >= 0.6 is 0 Å². The van der Waals surface area contributed by atoms with Gasteiger partial charge in [0.1, 0.15) is 0 Å². The van der Waals surface area contributed by atoms with E-state index < -0.39 is 0 Å². The van der Waals surface area contributed by atoms with Gasteiger partial charge in [-0.3, -0.25) is 0 Å². The molecule has 1 rings (SSSR count). The molecule has 0 heterocycles. The molecule has 0 amide bonds. The highest BCUT2D eigenvalue weighted by atomic mass is 15.0. The largest absolute Gasteiger partial charge is 0.312 e. The van der Waals surface area contributed by atoms with Gasteiger partial charge in [-0.2, -0.15) is 0 Å². The molecule has 1 heteroatoms. The van der Waals surface area contributed by atoms with Crippen LogP contribution in [0.25, 0.3) is 0 Å². The summed E-state index contributed by atoms with van der Waals surface area (Å²) >= 11 is 0. The van der Waals surface area contributed by atoms with E-state index in [1.807, 2.05) is 0 Å². The van der Waals surface area contributed by atoms with E-state index in [2.05, 4.69) is 39.9 Å². The van der Waals surface area contributed by atoms with Crippen molar-refractivity contribution in [1.29, 1.82) is 0 Å². The Morgan fingerprint density at radius 3 is 2.13 bits per heavy atom. The Balaban J connectivity index is 2.33. The van der Waals surface area contributed by atoms with Crippen molar-refractivity contribution in [3.05, 3.63) is 0 Å². The predicted molar refractivity (Wildman–Crippen MR) is 68.1 cm³/mol. The van der Waals surface area contributed by atoms with Crippen molar-refractivity contribution in [3.63, 3.8) is 0 Å². The zero-order valence-electron chi connectivity index (χ0n) is 11.3. The lowest BCUT2D eigenvalue weighted by atomic mass is 9.65. The van der Waals surface area contributed by atoms with Gasteiger partial charge in [0.25, 0.3) is 0 Å². The van der Waals surface area contributed by atoms with Gasteiger partial charge in [-0.05, 0) is 51.4 Å². The first-order chi connectivity index (χ1) is 6.83. The predicted octanol–water partition coefficient (Wildman–Crippen LogP) is 3.98. The maximum Gasteiger partial charge on any atom is 0.00967 e. The molecule has 0 radical (unpaired) electrons. The summed E-state index contributed by atoms with van der Waals surface area (Å²) < 4.78 is 0. The molecule has 0 aliphatic heterocycles. The fourth-order valence-electron chi connectivity index (χ4n) is 2.24. The zero-order valence-corrected chi connectivity index (χ0v) is 11.3. The molecule has 90 valence electrons. The summed E-state index contributed by atoms with van der Waals surface area (Å²) in [6.07, 6.45) is 7.16. The highest BCUT2D eigenvalue weighted by molar-refractivity contribution is 4.91. The maximum atomic E-state index is 3.69. The van der Waals surface area contributed by atoms with Crippen LogP contribution in [0.5, 0.6) is 0 Å². The molecule has 1 aliphatic carbocycles. The lowest BCUT2D eigenvalue weighted by Gasteiger charge is -2.44. The average Bonchev–Trinajstić information content (AvgIpc) is 1.99. The van der Waals surface area contributed by atoms with Gasteiger partial charge in [0.05, 0.1) is 0 Å². The Labute approximate surface area is 96.0 Å². The summed E-state index contributed by atoms with van der Waals surface area (Å²) in [4.78, 5) is 0. The van der Waals surface area contributed by atoms with Crippen LogP contribution < -0.4 is 5.32 Å². The molecule has 0 aromatic heterocycles. The Hall–Kier alpha value is -0.0400. The van der Waals surface area contributed by atoms with Crippen molar-refractivity contribution in [2.75, 3.05) is 6.54 Å². The summed E-state index contributed by atoms with van der Waals surface area (Å²) in [6, 6.07) is 0. The summed E-state index contributed by atoms with van der Waals surface area (Å²) in [5, 5.41) is 3.69. The summed E-state index contributed by atoms with van der Waals surface area (Å²) in [5.41, 5.74) is 0.929. The fraction of sp³-hybridized carbons (Fsp3) is 1.00. The molecule has 0 aromatic carbocycles. The van der Waals surface area contributed by atoms with Crippen molar-refractivity contribution in [1.82, 2.24) is 5.32 Å². The first-order valence-electron chi connectivity index (χ1n) is 6.58. The van der Waals surface area contributed by atoms with Gasteiger partial charge in [-0.15, -0.1) is 0 Å².